The highest BCUT2D eigenvalue weighted by molar-refractivity contribution is 4.78. The van der Waals surface area contributed by atoms with Crippen LogP contribution in [0.15, 0.2) is 0 Å². The molecule has 90 valence electrons. The second-order valence-corrected chi connectivity index (χ2v) is 5.77. The van der Waals surface area contributed by atoms with Crippen molar-refractivity contribution in [1.29, 1.82) is 0 Å². The second kappa shape index (κ2) is 5.86. The van der Waals surface area contributed by atoms with Gasteiger partial charge in [0.25, 0.3) is 0 Å². The third-order valence-electron chi connectivity index (χ3n) is 3.25. The third kappa shape index (κ3) is 4.98. The largest absolute Gasteiger partial charge is 0.312 e. The Morgan fingerprint density at radius 2 is 2.07 bits per heavy atom. The zero-order chi connectivity index (χ0) is 11.3. The van der Waals surface area contributed by atoms with Crippen LogP contribution < -0.4 is 5.32 Å². The van der Waals surface area contributed by atoms with Crippen molar-refractivity contribution in [3.8, 4) is 0 Å². The lowest BCUT2D eigenvalue weighted by Gasteiger charge is -2.25. The van der Waals surface area contributed by atoms with Crippen molar-refractivity contribution < 1.29 is 0 Å². The number of hydrogen-bond acceptors (Lipinski definition) is 2. The molecule has 0 aliphatic carbocycles. The van der Waals surface area contributed by atoms with Gasteiger partial charge in [0.2, 0.25) is 0 Å². The molecule has 0 saturated carbocycles. The van der Waals surface area contributed by atoms with Crippen LogP contribution in [0.2, 0.25) is 0 Å². The topological polar surface area (TPSA) is 15.3 Å². The smallest absolute Gasteiger partial charge is 0.00965 e. The summed E-state index contributed by atoms with van der Waals surface area (Å²) in [4.78, 5) is 2.67. The SMILES string of the molecule is CCC1CCCN1CCCNC(C)(C)C. The lowest BCUT2D eigenvalue weighted by Crippen LogP contribution is -2.38. The highest BCUT2D eigenvalue weighted by atomic mass is 15.2. The Kier molecular flexibility index (Phi) is 5.07. The summed E-state index contributed by atoms with van der Waals surface area (Å²) in [6, 6.07) is 0.875. The van der Waals surface area contributed by atoms with E-state index in [1.807, 2.05) is 0 Å². The molecule has 15 heavy (non-hydrogen) atoms. The van der Waals surface area contributed by atoms with E-state index < -0.39 is 0 Å². The Bertz CT molecular complexity index is 172. The highest BCUT2D eigenvalue weighted by Crippen LogP contribution is 2.19. The summed E-state index contributed by atoms with van der Waals surface area (Å²) < 4.78 is 0. The molecular formula is C13H28N2. The van der Waals surface area contributed by atoms with Crippen LogP contribution in [0, 0.1) is 0 Å². The average molecular weight is 212 g/mol. The van der Waals surface area contributed by atoms with Gasteiger partial charge in [-0.2, -0.15) is 0 Å². The fourth-order valence-corrected chi connectivity index (χ4v) is 2.40. The summed E-state index contributed by atoms with van der Waals surface area (Å²) in [5, 5.41) is 3.55. The fourth-order valence-electron chi connectivity index (χ4n) is 2.40. The summed E-state index contributed by atoms with van der Waals surface area (Å²) in [7, 11) is 0. The molecule has 0 aromatic rings. The molecule has 1 N–H and O–H groups in total. The lowest BCUT2D eigenvalue weighted by atomic mass is 10.1. The Morgan fingerprint density at radius 1 is 1.33 bits per heavy atom. The van der Waals surface area contributed by atoms with Gasteiger partial charge in [0.15, 0.2) is 0 Å². The number of nitrogens with zero attached hydrogens (tertiary/aromatic N) is 1. The van der Waals surface area contributed by atoms with Crippen molar-refractivity contribution in [3.05, 3.63) is 0 Å². The van der Waals surface area contributed by atoms with E-state index in [-0.39, 0.29) is 5.54 Å². The predicted molar refractivity (Wildman–Crippen MR) is 67.3 cm³/mol. The summed E-state index contributed by atoms with van der Waals surface area (Å²) in [5.74, 6) is 0. The Balaban J connectivity index is 2.09. The van der Waals surface area contributed by atoms with Crippen molar-refractivity contribution in [3.63, 3.8) is 0 Å². The highest BCUT2D eigenvalue weighted by Gasteiger charge is 2.21. The van der Waals surface area contributed by atoms with Gasteiger partial charge in [-0.3, -0.25) is 0 Å². The molecule has 1 unspecified atom stereocenters. The Morgan fingerprint density at radius 3 is 2.67 bits per heavy atom. The molecule has 1 atom stereocenters. The number of rotatable bonds is 5. The number of hydrogen-bond donors (Lipinski definition) is 1. The Hall–Kier alpha value is -0.0800. The average Bonchev–Trinajstić information content (AvgIpc) is 2.58. The van der Waals surface area contributed by atoms with Gasteiger partial charge in [-0.1, -0.05) is 6.92 Å². The maximum atomic E-state index is 3.55. The van der Waals surface area contributed by atoms with Gasteiger partial charge in [0.1, 0.15) is 0 Å². The normalized spacial score (nSPS) is 23.6. The molecule has 0 aromatic heterocycles. The van der Waals surface area contributed by atoms with Crippen LogP contribution in [-0.2, 0) is 0 Å². The molecular weight excluding hydrogens is 184 g/mol. The summed E-state index contributed by atoms with van der Waals surface area (Å²) >= 11 is 0. The second-order valence-electron chi connectivity index (χ2n) is 5.77. The van der Waals surface area contributed by atoms with Crippen molar-refractivity contribution >= 4 is 0 Å². The molecule has 2 heteroatoms. The molecule has 2 nitrogen and oxygen atoms in total. The van der Waals surface area contributed by atoms with Gasteiger partial charge in [-0.25, -0.2) is 0 Å². The van der Waals surface area contributed by atoms with Gasteiger partial charge >= 0.3 is 0 Å². The van der Waals surface area contributed by atoms with Gasteiger partial charge in [-0.15, -0.1) is 0 Å². The zero-order valence-corrected chi connectivity index (χ0v) is 11.0. The number of likely N-dealkylation sites (tertiary alicyclic amines) is 1. The molecule has 0 radical (unpaired) electrons. The molecule has 1 rings (SSSR count). The van der Waals surface area contributed by atoms with Gasteiger partial charge in [0, 0.05) is 11.6 Å². The Labute approximate surface area is 95.4 Å². The van der Waals surface area contributed by atoms with Crippen molar-refractivity contribution in [2.45, 2.75) is 65.0 Å². The number of nitrogens with one attached hydrogen (secondary N) is 1. The van der Waals surface area contributed by atoms with Crippen LogP contribution in [0.1, 0.15) is 53.4 Å². The van der Waals surface area contributed by atoms with E-state index in [0.717, 1.165) is 12.6 Å². The van der Waals surface area contributed by atoms with E-state index >= 15 is 0 Å². The van der Waals surface area contributed by atoms with Gasteiger partial charge in [0.05, 0.1) is 0 Å². The van der Waals surface area contributed by atoms with E-state index in [1.165, 1.54) is 38.8 Å². The third-order valence-corrected chi connectivity index (χ3v) is 3.25. The van der Waals surface area contributed by atoms with E-state index in [1.54, 1.807) is 0 Å². The van der Waals surface area contributed by atoms with E-state index in [0.29, 0.717) is 0 Å². The molecule has 1 aliphatic rings. The van der Waals surface area contributed by atoms with Crippen molar-refractivity contribution in [2.75, 3.05) is 19.6 Å². The van der Waals surface area contributed by atoms with Crippen LogP contribution in [0.4, 0.5) is 0 Å². The van der Waals surface area contributed by atoms with E-state index in [4.69, 9.17) is 0 Å². The van der Waals surface area contributed by atoms with Crippen LogP contribution in [0.5, 0.6) is 0 Å². The first-order valence-corrected chi connectivity index (χ1v) is 6.52. The molecule has 0 bridgehead atoms. The van der Waals surface area contributed by atoms with Crippen molar-refractivity contribution in [1.82, 2.24) is 10.2 Å². The van der Waals surface area contributed by atoms with Crippen LogP contribution in [0.3, 0.4) is 0 Å². The first kappa shape index (κ1) is 13.0. The van der Waals surface area contributed by atoms with E-state index in [2.05, 4.69) is 37.9 Å². The molecule has 0 aromatic carbocycles. The summed E-state index contributed by atoms with van der Waals surface area (Å²) in [5.41, 5.74) is 0.273. The van der Waals surface area contributed by atoms with Crippen LogP contribution >= 0.6 is 0 Å². The van der Waals surface area contributed by atoms with Gasteiger partial charge < -0.3 is 10.2 Å². The molecule has 0 spiro atoms. The minimum absolute atomic E-state index is 0.273. The van der Waals surface area contributed by atoms with Crippen molar-refractivity contribution in [2.24, 2.45) is 0 Å². The van der Waals surface area contributed by atoms with Crippen LogP contribution in [0.25, 0.3) is 0 Å². The van der Waals surface area contributed by atoms with Gasteiger partial charge in [-0.05, 0) is 66.1 Å². The maximum absolute atomic E-state index is 3.55. The molecule has 0 amide bonds. The van der Waals surface area contributed by atoms with E-state index in [9.17, 15) is 0 Å². The predicted octanol–water partition coefficient (Wildman–Crippen LogP) is 2.64. The summed E-state index contributed by atoms with van der Waals surface area (Å²) in [6.07, 6.45) is 5.44. The minimum atomic E-state index is 0.273. The minimum Gasteiger partial charge on any atom is -0.312 e. The standard InChI is InChI=1S/C13H28N2/c1-5-12-8-6-10-15(12)11-7-9-14-13(2,3)4/h12,14H,5-11H2,1-4H3. The monoisotopic (exact) mass is 212 g/mol. The fraction of sp³-hybridized carbons (Fsp3) is 1.00. The lowest BCUT2D eigenvalue weighted by molar-refractivity contribution is 0.241. The van der Waals surface area contributed by atoms with Crippen LogP contribution in [-0.4, -0.2) is 36.1 Å². The zero-order valence-electron chi connectivity index (χ0n) is 11.0. The first-order valence-electron chi connectivity index (χ1n) is 6.52. The summed E-state index contributed by atoms with van der Waals surface area (Å²) in [6.45, 7) is 12.8. The first-order chi connectivity index (χ1) is 7.03. The molecule has 1 fully saturated rings. The molecule has 1 aliphatic heterocycles. The molecule has 1 saturated heterocycles. The molecule has 1 heterocycles. The maximum Gasteiger partial charge on any atom is 0.00965 e. The quantitative estimate of drug-likeness (QED) is 0.705.